The Balaban J connectivity index is 1.54. The molecular weight excluding hydrogens is 493 g/mol. The van der Waals surface area contributed by atoms with Crippen molar-refractivity contribution in [3.63, 3.8) is 0 Å². The summed E-state index contributed by atoms with van der Waals surface area (Å²) in [5, 5.41) is -0.104. The minimum absolute atomic E-state index is 0.0277. The van der Waals surface area contributed by atoms with Gasteiger partial charge in [0.25, 0.3) is 0 Å². The highest BCUT2D eigenvalue weighted by Crippen LogP contribution is 2.40. The molecule has 2 aliphatic rings. The summed E-state index contributed by atoms with van der Waals surface area (Å²) >= 11 is 1.47. The maximum absolute atomic E-state index is 14.8. The van der Waals surface area contributed by atoms with Crippen LogP contribution < -0.4 is 4.74 Å². The third kappa shape index (κ3) is 6.87. The molecule has 0 aromatic heterocycles. The SMILES string of the molecule is CCOC(=O)/C=C1\CN([C@H](C(=O)C2CC2)c2ccccc2F)CC[C@@H]1SCC(=O)c1cccc(OC)c1. The van der Waals surface area contributed by atoms with Crippen molar-refractivity contribution in [2.45, 2.75) is 37.5 Å². The first-order valence-electron chi connectivity index (χ1n) is 12.6. The van der Waals surface area contributed by atoms with Gasteiger partial charge in [-0.2, -0.15) is 0 Å². The van der Waals surface area contributed by atoms with Gasteiger partial charge in [-0.05, 0) is 50.0 Å². The summed E-state index contributed by atoms with van der Waals surface area (Å²) in [6.07, 6.45) is 3.75. The number of hydrogen-bond donors (Lipinski definition) is 0. The normalized spacial score (nSPS) is 19.9. The summed E-state index contributed by atoms with van der Waals surface area (Å²) < 4.78 is 25.2. The van der Waals surface area contributed by atoms with Crippen LogP contribution in [0.25, 0.3) is 0 Å². The monoisotopic (exact) mass is 525 g/mol. The number of carbonyl (C=O) groups excluding carboxylic acids is 3. The molecule has 1 saturated heterocycles. The zero-order chi connectivity index (χ0) is 26.4. The predicted octanol–water partition coefficient (Wildman–Crippen LogP) is 5.03. The average Bonchev–Trinajstić information content (AvgIpc) is 3.75. The van der Waals surface area contributed by atoms with Gasteiger partial charge >= 0.3 is 5.97 Å². The van der Waals surface area contributed by atoms with E-state index in [2.05, 4.69) is 0 Å². The number of rotatable bonds is 11. The second-order valence-corrected chi connectivity index (χ2v) is 10.5. The Morgan fingerprint density at radius 3 is 2.62 bits per heavy atom. The molecule has 2 fully saturated rings. The number of likely N-dealkylation sites (tertiary alicyclic amines) is 1. The van der Waals surface area contributed by atoms with E-state index >= 15 is 0 Å². The van der Waals surface area contributed by atoms with Crippen molar-refractivity contribution in [1.29, 1.82) is 0 Å². The maximum Gasteiger partial charge on any atom is 0.330 e. The highest BCUT2D eigenvalue weighted by molar-refractivity contribution is 8.00. The van der Waals surface area contributed by atoms with Gasteiger partial charge in [-0.25, -0.2) is 9.18 Å². The molecule has 0 unspecified atom stereocenters. The molecule has 0 spiro atoms. The average molecular weight is 526 g/mol. The molecule has 196 valence electrons. The van der Waals surface area contributed by atoms with Gasteiger partial charge in [-0.1, -0.05) is 30.3 Å². The van der Waals surface area contributed by atoms with Gasteiger partial charge in [0.1, 0.15) is 11.6 Å². The van der Waals surface area contributed by atoms with E-state index in [0.717, 1.165) is 18.4 Å². The van der Waals surface area contributed by atoms with Crippen molar-refractivity contribution in [3.8, 4) is 5.75 Å². The van der Waals surface area contributed by atoms with Gasteiger partial charge in [-0.15, -0.1) is 11.8 Å². The Labute approximate surface area is 221 Å². The fourth-order valence-electron chi connectivity index (χ4n) is 4.64. The predicted molar refractivity (Wildman–Crippen MR) is 141 cm³/mol. The largest absolute Gasteiger partial charge is 0.497 e. The smallest absolute Gasteiger partial charge is 0.330 e. The Bertz CT molecular complexity index is 1180. The maximum atomic E-state index is 14.8. The molecule has 8 heteroatoms. The van der Waals surface area contributed by atoms with Crippen LogP contribution in [0.2, 0.25) is 0 Å². The Morgan fingerprint density at radius 2 is 1.92 bits per heavy atom. The fourth-order valence-corrected chi connectivity index (χ4v) is 5.79. The van der Waals surface area contributed by atoms with E-state index in [-0.39, 0.29) is 35.1 Å². The first-order valence-corrected chi connectivity index (χ1v) is 13.6. The summed E-state index contributed by atoms with van der Waals surface area (Å²) in [7, 11) is 1.56. The molecule has 1 heterocycles. The minimum atomic E-state index is -0.705. The number of ether oxygens (including phenoxy) is 2. The lowest BCUT2D eigenvalue weighted by molar-refractivity contribution is -0.137. The lowest BCUT2D eigenvalue weighted by Gasteiger charge is -2.38. The standard InChI is InChI=1S/C29H32FNO5S/c1-3-36-27(33)16-21-17-31(28(29(34)19-11-12-19)23-9-4-5-10-24(23)30)14-13-26(21)37-18-25(32)20-7-6-8-22(15-20)35-2/h4-10,15-16,19,26,28H,3,11-14,17-18H2,1-2H3/b21-16+/t26-,28-/m0/s1. The molecule has 2 aromatic rings. The molecule has 1 aliphatic heterocycles. The molecule has 2 aromatic carbocycles. The van der Waals surface area contributed by atoms with Crippen molar-refractivity contribution in [1.82, 2.24) is 4.90 Å². The number of benzene rings is 2. The fraction of sp³-hybridized carbons (Fsp3) is 0.414. The summed E-state index contributed by atoms with van der Waals surface area (Å²) in [6.45, 7) is 2.85. The van der Waals surface area contributed by atoms with Gasteiger partial charge in [0.15, 0.2) is 11.6 Å². The Morgan fingerprint density at radius 1 is 1.14 bits per heavy atom. The number of methoxy groups -OCH3 is 1. The van der Waals surface area contributed by atoms with Crippen molar-refractivity contribution in [2.75, 3.05) is 32.6 Å². The van der Waals surface area contributed by atoms with Crippen LogP contribution in [-0.2, 0) is 14.3 Å². The van der Waals surface area contributed by atoms with Crippen LogP contribution in [0.1, 0.15) is 48.1 Å². The molecule has 6 nitrogen and oxygen atoms in total. The van der Waals surface area contributed by atoms with Gasteiger partial charge in [0.2, 0.25) is 0 Å². The van der Waals surface area contributed by atoms with Crippen molar-refractivity contribution >= 4 is 29.3 Å². The topological polar surface area (TPSA) is 72.9 Å². The van der Waals surface area contributed by atoms with E-state index in [0.29, 0.717) is 36.4 Å². The third-order valence-electron chi connectivity index (χ3n) is 6.69. The molecule has 37 heavy (non-hydrogen) atoms. The molecule has 4 rings (SSSR count). The van der Waals surface area contributed by atoms with Crippen LogP contribution in [0.15, 0.2) is 60.2 Å². The highest BCUT2D eigenvalue weighted by atomic mass is 32.2. The van der Waals surface area contributed by atoms with Crippen molar-refractivity contribution in [2.24, 2.45) is 5.92 Å². The molecule has 1 saturated carbocycles. The van der Waals surface area contributed by atoms with Crippen LogP contribution >= 0.6 is 11.8 Å². The van der Waals surface area contributed by atoms with E-state index < -0.39 is 17.8 Å². The number of Topliss-reactive ketones (excluding diaryl/α,β-unsaturated/α-hetero) is 2. The second-order valence-electron chi connectivity index (χ2n) is 9.29. The number of carbonyl (C=O) groups is 3. The Hall–Kier alpha value is -2.97. The van der Waals surface area contributed by atoms with Gasteiger partial charge in [0, 0.05) is 41.5 Å². The zero-order valence-corrected chi connectivity index (χ0v) is 22.0. The first kappa shape index (κ1) is 27.1. The number of esters is 1. The number of ketones is 2. The van der Waals surface area contributed by atoms with Gasteiger partial charge in [-0.3, -0.25) is 14.5 Å². The number of halogens is 1. The van der Waals surface area contributed by atoms with Gasteiger partial charge < -0.3 is 9.47 Å². The number of thioether (sulfide) groups is 1. The quantitative estimate of drug-likeness (QED) is 0.231. The molecule has 0 amide bonds. The summed E-state index contributed by atoms with van der Waals surface area (Å²) in [6, 6.07) is 12.7. The number of piperidine rings is 1. The van der Waals surface area contributed by atoms with Crippen LogP contribution in [0.4, 0.5) is 4.39 Å². The van der Waals surface area contributed by atoms with E-state index in [1.807, 2.05) is 4.90 Å². The molecule has 2 atom stereocenters. The van der Waals surface area contributed by atoms with E-state index in [1.165, 1.54) is 23.9 Å². The summed E-state index contributed by atoms with van der Waals surface area (Å²) in [5.41, 5.74) is 1.71. The van der Waals surface area contributed by atoms with Gasteiger partial charge in [0.05, 0.1) is 25.5 Å². The van der Waals surface area contributed by atoms with Crippen LogP contribution in [0.5, 0.6) is 5.75 Å². The Kier molecular flexibility index (Phi) is 9.16. The van der Waals surface area contributed by atoms with E-state index in [1.54, 1.807) is 56.5 Å². The van der Waals surface area contributed by atoms with Crippen molar-refractivity contribution < 1.29 is 28.2 Å². The van der Waals surface area contributed by atoms with E-state index in [4.69, 9.17) is 9.47 Å². The lowest BCUT2D eigenvalue weighted by atomic mass is 9.93. The van der Waals surface area contributed by atoms with Crippen LogP contribution in [0, 0.1) is 11.7 Å². The summed E-state index contributed by atoms with van der Waals surface area (Å²) in [5.74, 6) is -0.0654. The zero-order valence-electron chi connectivity index (χ0n) is 21.2. The third-order valence-corrected chi connectivity index (χ3v) is 8.06. The highest BCUT2D eigenvalue weighted by Gasteiger charge is 2.41. The minimum Gasteiger partial charge on any atom is -0.497 e. The molecule has 0 bridgehead atoms. The number of nitrogens with zero attached hydrogens (tertiary/aromatic N) is 1. The van der Waals surface area contributed by atoms with Crippen molar-refractivity contribution in [3.05, 3.63) is 77.1 Å². The number of hydrogen-bond acceptors (Lipinski definition) is 7. The first-order chi connectivity index (χ1) is 17.9. The molecule has 0 radical (unpaired) electrons. The van der Waals surface area contributed by atoms with E-state index in [9.17, 15) is 18.8 Å². The molecule has 0 N–H and O–H groups in total. The molecular formula is C29H32FNO5S. The molecule has 1 aliphatic carbocycles. The van der Waals surface area contributed by atoms with Crippen LogP contribution in [0.3, 0.4) is 0 Å². The second kappa shape index (κ2) is 12.5. The van der Waals surface area contributed by atoms with Crippen LogP contribution in [-0.4, -0.2) is 60.2 Å². The lowest BCUT2D eigenvalue weighted by Crippen LogP contribution is -2.43. The summed E-state index contributed by atoms with van der Waals surface area (Å²) in [4.78, 5) is 40.6.